The third kappa shape index (κ3) is 5.02. The molecule has 2 aromatic heterocycles. The van der Waals surface area contributed by atoms with E-state index in [9.17, 15) is 14.9 Å². The van der Waals surface area contributed by atoms with Gasteiger partial charge in [0.2, 0.25) is 0 Å². The number of benzene rings is 1. The number of carbonyl (C=O) groups excluding carboxylic acids is 2. The van der Waals surface area contributed by atoms with Gasteiger partial charge in [0.15, 0.2) is 0 Å². The van der Waals surface area contributed by atoms with Crippen LogP contribution in [0, 0.1) is 11.3 Å². The van der Waals surface area contributed by atoms with Crippen LogP contribution in [-0.2, 0) is 16.1 Å². The standard InChI is InChI=1S/C22H18N2O5/c1-2-27-22(26)16-6-3-5-15(11-16)20-9-8-18(29-20)12-17(13-23)21(25)24-14-19-7-4-10-28-19/h3-12H,2,14H2,1H3,(H,24,25)/b17-12+. The number of nitrogens with zero attached hydrogens (tertiary/aromatic N) is 1. The largest absolute Gasteiger partial charge is 0.467 e. The lowest BCUT2D eigenvalue weighted by atomic mass is 10.1. The molecule has 0 spiro atoms. The summed E-state index contributed by atoms with van der Waals surface area (Å²) in [5.41, 5.74) is 0.988. The van der Waals surface area contributed by atoms with E-state index in [4.69, 9.17) is 13.6 Å². The minimum atomic E-state index is -0.536. The molecule has 0 saturated heterocycles. The highest BCUT2D eigenvalue weighted by molar-refractivity contribution is 6.01. The predicted molar refractivity (Wildman–Crippen MR) is 104 cm³/mol. The molecule has 7 heteroatoms. The maximum atomic E-state index is 12.2. The molecule has 1 N–H and O–H groups in total. The van der Waals surface area contributed by atoms with Crippen molar-refractivity contribution in [3.05, 3.63) is 77.5 Å². The van der Waals surface area contributed by atoms with Crippen LogP contribution in [-0.4, -0.2) is 18.5 Å². The van der Waals surface area contributed by atoms with E-state index in [2.05, 4.69) is 5.32 Å². The van der Waals surface area contributed by atoms with Gasteiger partial charge in [-0.2, -0.15) is 5.26 Å². The molecule has 0 unspecified atom stereocenters. The van der Waals surface area contributed by atoms with Gasteiger partial charge >= 0.3 is 5.97 Å². The van der Waals surface area contributed by atoms with Gasteiger partial charge in [-0.05, 0) is 43.3 Å². The van der Waals surface area contributed by atoms with E-state index in [1.165, 1.54) is 12.3 Å². The van der Waals surface area contributed by atoms with E-state index in [-0.39, 0.29) is 18.7 Å². The van der Waals surface area contributed by atoms with Crippen molar-refractivity contribution >= 4 is 18.0 Å². The van der Waals surface area contributed by atoms with Crippen LogP contribution in [0.1, 0.15) is 28.8 Å². The molecule has 1 amide bonds. The highest BCUT2D eigenvalue weighted by atomic mass is 16.5. The highest BCUT2D eigenvalue weighted by Gasteiger charge is 2.13. The number of furan rings is 2. The first kappa shape index (κ1) is 19.7. The van der Waals surface area contributed by atoms with Gasteiger partial charge in [0.1, 0.15) is 28.9 Å². The Morgan fingerprint density at radius 3 is 2.79 bits per heavy atom. The molecule has 146 valence electrons. The summed E-state index contributed by atoms with van der Waals surface area (Å²) in [5, 5.41) is 11.9. The van der Waals surface area contributed by atoms with Crippen molar-refractivity contribution in [2.24, 2.45) is 0 Å². The monoisotopic (exact) mass is 390 g/mol. The first-order valence-corrected chi connectivity index (χ1v) is 8.90. The van der Waals surface area contributed by atoms with Crippen molar-refractivity contribution in [1.82, 2.24) is 5.32 Å². The Hall–Kier alpha value is -4.05. The van der Waals surface area contributed by atoms with Crippen molar-refractivity contribution in [2.75, 3.05) is 6.61 Å². The quantitative estimate of drug-likeness (QED) is 0.372. The van der Waals surface area contributed by atoms with Gasteiger partial charge in [0.05, 0.1) is 25.0 Å². The Morgan fingerprint density at radius 1 is 1.21 bits per heavy atom. The van der Waals surface area contributed by atoms with Crippen molar-refractivity contribution in [3.63, 3.8) is 0 Å². The van der Waals surface area contributed by atoms with Crippen LogP contribution in [0.15, 0.2) is 69.2 Å². The molecule has 0 radical (unpaired) electrons. The van der Waals surface area contributed by atoms with Gasteiger partial charge in [-0.3, -0.25) is 4.79 Å². The summed E-state index contributed by atoms with van der Waals surface area (Å²) in [6.07, 6.45) is 2.86. The number of ether oxygens (including phenoxy) is 1. The molecule has 0 aliphatic carbocycles. The number of esters is 1. The van der Waals surface area contributed by atoms with Crippen molar-refractivity contribution in [3.8, 4) is 17.4 Å². The molecule has 2 heterocycles. The molecule has 0 bridgehead atoms. The fourth-order valence-corrected chi connectivity index (χ4v) is 2.57. The van der Waals surface area contributed by atoms with Crippen LogP contribution >= 0.6 is 0 Å². The molecule has 3 rings (SSSR count). The van der Waals surface area contributed by atoms with E-state index in [0.717, 1.165) is 0 Å². The molecule has 7 nitrogen and oxygen atoms in total. The molecular weight excluding hydrogens is 372 g/mol. The molecule has 0 saturated carbocycles. The summed E-state index contributed by atoms with van der Waals surface area (Å²) in [6, 6.07) is 15.5. The van der Waals surface area contributed by atoms with Gasteiger partial charge in [-0.1, -0.05) is 12.1 Å². The summed E-state index contributed by atoms with van der Waals surface area (Å²) in [6.45, 7) is 2.21. The third-order valence-corrected chi connectivity index (χ3v) is 3.94. The van der Waals surface area contributed by atoms with Crippen molar-refractivity contribution in [1.29, 1.82) is 5.26 Å². The van der Waals surface area contributed by atoms with Crippen LogP contribution in [0.4, 0.5) is 0 Å². The van der Waals surface area contributed by atoms with E-state index >= 15 is 0 Å². The minimum absolute atomic E-state index is 0.0993. The maximum absolute atomic E-state index is 12.2. The van der Waals surface area contributed by atoms with E-state index in [1.807, 2.05) is 6.07 Å². The lowest BCUT2D eigenvalue weighted by molar-refractivity contribution is -0.117. The van der Waals surface area contributed by atoms with Gasteiger partial charge in [0.25, 0.3) is 5.91 Å². The lowest BCUT2D eigenvalue weighted by Crippen LogP contribution is -2.23. The molecule has 0 aliphatic heterocycles. The lowest BCUT2D eigenvalue weighted by Gasteiger charge is -2.03. The van der Waals surface area contributed by atoms with Crippen molar-refractivity contribution < 1.29 is 23.2 Å². The Bertz CT molecular complexity index is 1070. The molecule has 0 atom stereocenters. The van der Waals surface area contributed by atoms with Crippen molar-refractivity contribution in [2.45, 2.75) is 13.5 Å². The topological polar surface area (TPSA) is 105 Å². The summed E-state index contributed by atoms with van der Waals surface area (Å²) >= 11 is 0. The second kappa shape index (κ2) is 9.24. The van der Waals surface area contributed by atoms with Crippen LogP contribution in [0.5, 0.6) is 0 Å². The first-order chi connectivity index (χ1) is 14.1. The zero-order valence-corrected chi connectivity index (χ0v) is 15.7. The number of hydrogen-bond donors (Lipinski definition) is 1. The fraction of sp³-hybridized carbons (Fsp3) is 0.136. The summed E-state index contributed by atoms with van der Waals surface area (Å²) in [5.74, 6) is 0.464. The summed E-state index contributed by atoms with van der Waals surface area (Å²) < 4.78 is 15.9. The van der Waals surface area contributed by atoms with Crippen LogP contribution in [0.3, 0.4) is 0 Å². The number of carbonyl (C=O) groups is 2. The van der Waals surface area contributed by atoms with Gasteiger partial charge in [0, 0.05) is 11.6 Å². The van der Waals surface area contributed by atoms with E-state index in [1.54, 1.807) is 55.5 Å². The van der Waals surface area contributed by atoms with Crippen LogP contribution in [0.25, 0.3) is 17.4 Å². The zero-order valence-electron chi connectivity index (χ0n) is 15.7. The fourth-order valence-electron chi connectivity index (χ4n) is 2.57. The average molecular weight is 390 g/mol. The number of rotatable bonds is 7. The Balaban J connectivity index is 1.74. The minimum Gasteiger partial charge on any atom is -0.467 e. The molecule has 29 heavy (non-hydrogen) atoms. The second-order valence-electron chi connectivity index (χ2n) is 5.94. The van der Waals surface area contributed by atoms with Crippen LogP contribution < -0.4 is 5.32 Å². The van der Waals surface area contributed by atoms with E-state index < -0.39 is 11.9 Å². The Labute approximate surface area is 167 Å². The average Bonchev–Trinajstić information content (AvgIpc) is 3.42. The maximum Gasteiger partial charge on any atom is 0.338 e. The van der Waals surface area contributed by atoms with Gasteiger partial charge in [-0.25, -0.2) is 4.79 Å². The SMILES string of the molecule is CCOC(=O)c1cccc(-c2ccc(/C=C(\C#N)C(=O)NCc3ccco3)o2)c1. The number of hydrogen-bond acceptors (Lipinski definition) is 6. The molecule has 3 aromatic rings. The summed E-state index contributed by atoms with van der Waals surface area (Å²) in [7, 11) is 0. The molecular formula is C22H18N2O5. The molecule has 0 fully saturated rings. The predicted octanol–water partition coefficient (Wildman–Crippen LogP) is 3.94. The summed E-state index contributed by atoms with van der Waals surface area (Å²) in [4.78, 5) is 24.1. The van der Waals surface area contributed by atoms with E-state index in [0.29, 0.717) is 28.4 Å². The van der Waals surface area contributed by atoms with Crippen LogP contribution in [0.2, 0.25) is 0 Å². The second-order valence-corrected chi connectivity index (χ2v) is 5.94. The number of amides is 1. The Kier molecular flexibility index (Phi) is 6.28. The van der Waals surface area contributed by atoms with Gasteiger partial charge < -0.3 is 18.9 Å². The smallest absolute Gasteiger partial charge is 0.338 e. The molecule has 0 aliphatic rings. The normalized spacial score (nSPS) is 11.0. The number of nitriles is 1. The number of nitrogens with one attached hydrogen (secondary N) is 1. The molecule has 1 aromatic carbocycles. The third-order valence-electron chi connectivity index (χ3n) is 3.94. The first-order valence-electron chi connectivity index (χ1n) is 8.90. The zero-order chi connectivity index (χ0) is 20.6. The van der Waals surface area contributed by atoms with Gasteiger partial charge in [-0.15, -0.1) is 0 Å². The Morgan fingerprint density at radius 2 is 2.07 bits per heavy atom. The highest BCUT2D eigenvalue weighted by Crippen LogP contribution is 2.24.